The Morgan fingerprint density at radius 2 is 1.38 bits per heavy atom. The van der Waals surface area contributed by atoms with Gasteiger partial charge in [-0.05, 0) is 23.8 Å². The van der Waals surface area contributed by atoms with Crippen LogP contribution in [0.1, 0.15) is 12.0 Å². The van der Waals surface area contributed by atoms with Crippen LogP contribution in [0.25, 0.3) is 16.4 Å². The SMILES string of the molecule is F[P-](F)(F)(F)(F)F.c1ccc(CCC[n+]2ccn3cc4ccccc4cc32)cc1. The first-order chi connectivity index (χ1) is 13.3. The number of pyridine rings is 1. The van der Waals surface area contributed by atoms with Crippen molar-refractivity contribution in [2.24, 2.45) is 0 Å². The van der Waals surface area contributed by atoms with Gasteiger partial charge in [-0.3, -0.25) is 0 Å². The summed E-state index contributed by atoms with van der Waals surface area (Å²) in [5, 5.41) is 2.58. The molecule has 0 aliphatic carbocycles. The summed E-state index contributed by atoms with van der Waals surface area (Å²) in [5.41, 5.74) is 2.67. The fourth-order valence-electron chi connectivity index (χ4n) is 3.06. The van der Waals surface area contributed by atoms with Crippen molar-refractivity contribution >= 4 is 24.2 Å². The molecule has 29 heavy (non-hydrogen) atoms. The van der Waals surface area contributed by atoms with Gasteiger partial charge in [-0.25, -0.2) is 8.97 Å². The van der Waals surface area contributed by atoms with Crippen LogP contribution in [-0.4, -0.2) is 4.40 Å². The Morgan fingerprint density at radius 1 is 0.793 bits per heavy atom. The first-order valence-corrected chi connectivity index (χ1v) is 10.9. The quantitative estimate of drug-likeness (QED) is 0.180. The Bertz CT molecular complexity index is 1110. The largest absolute Gasteiger partial charge is 0.286 e. The number of nitrogens with zero attached hydrogens (tertiary/aromatic N) is 2. The summed E-state index contributed by atoms with van der Waals surface area (Å²) >= 11 is 0. The molecule has 0 aliphatic heterocycles. The monoisotopic (exact) mass is 432 g/mol. The third-order valence-electron chi connectivity index (χ3n) is 4.23. The van der Waals surface area contributed by atoms with E-state index in [-0.39, 0.29) is 0 Å². The number of halogens is 6. The summed E-state index contributed by atoms with van der Waals surface area (Å²) < 4.78 is 63.8. The number of fused-ring (bicyclic) bond motifs is 2. The van der Waals surface area contributed by atoms with Gasteiger partial charge in [-0.1, -0.05) is 54.6 Å². The molecule has 0 amide bonds. The topological polar surface area (TPSA) is 8.29 Å². The number of aryl methyl sites for hydroxylation is 2. The predicted octanol–water partition coefficient (Wildman–Crippen LogP) is 7.40. The normalized spacial score (nSPS) is 14.1. The van der Waals surface area contributed by atoms with Crippen molar-refractivity contribution in [2.45, 2.75) is 19.4 Å². The minimum Gasteiger partial charge on any atom is -0.230 e. The van der Waals surface area contributed by atoms with Crippen molar-refractivity contribution in [3.63, 3.8) is 0 Å². The molecule has 0 saturated carbocycles. The van der Waals surface area contributed by atoms with Gasteiger partial charge < -0.3 is 0 Å². The molecule has 2 heterocycles. The van der Waals surface area contributed by atoms with Gasteiger partial charge in [0.15, 0.2) is 0 Å². The maximum absolute atomic E-state index is 10.7. The maximum atomic E-state index is 9.87. The van der Waals surface area contributed by atoms with Gasteiger partial charge in [-0.15, -0.1) is 0 Å². The molecule has 4 aromatic rings. The van der Waals surface area contributed by atoms with Crippen LogP contribution in [0.4, 0.5) is 25.2 Å². The molecule has 156 valence electrons. The van der Waals surface area contributed by atoms with E-state index in [1.807, 2.05) is 0 Å². The molecule has 0 unspecified atom stereocenters. The van der Waals surface area contributed by atoms with E-state index in [4.69, 9.17) is 0 Å². The van der Waals surface area contributed by atoms with Gasteiger partial charge in [0.1, 0.15) is 18.6 Å². The third kappa shape index (κ3) is 7.38. The van der Waals surface area contributed by atoms with Crippen LogP contribution in [0.2, 0.25) is 0 Å². The minimum absolute atomic E-state index is 1.05. The molecule has 0 atom stereocenters. The van der Waals surface area contributed by atoms with Crippen molar-refractivity contribution in [2.75, 3.05) is 0 Å². The van der Waals surface area contributed by atoms with Crippen molar-refractivity contribution in [3.05, 3.63) is 84.8 Å². The molecule has 9 heteroatoms. The molecule has 0 N–H and O–H groups in total. The number of rotatable bonds is 4. The summed E-state index contributed by atoms with van der Waals surface area (Å²) in [6.45, 7) is 1.05. The van der Waals surface area contributed by atoms with Crippen LogP contribution in [0, 0.1) is 0 Å². The molecule has 0 aliphatic rings. The second-order valence-electron chi connectivity index (χ2n) is 6.71. The van der Waals surface area contributed by atoms with Crippen LogP contribution in [0.15, 0.2) is 79.3 Å². The van der Waals surface area contributed by atoms with Gasteiger partial charge in [0.2, 0.25) is 0 Å². The molecule has 0 spiro atoms. The molecule has 2 nitrogen and oxygen atoms in total. The zero-order valence-corrected chi connectivity index (χ0v) is 16.1. The van der Waals surface area contributed by atoms with Crippen molar-refractivity contribution in [3.8, 4) is 0 Å². The van der Waals surface area contributed by atoms with E-state index < -0.39 is 7.81 Å². The van der Waals surface area contributed by atoms with Crippen LogP contribution in [0.3, 0.4) is 0 Å². The van der Waals surface area contributed by atoms with Gasteiger partial charge in [0.05, 0.1) is 6.54 Å². The molecule has 0 bridgehead atoms. The van der Waals surface area contributed by atoms with Gasteiger partial charge >= 0.3 is 33.0 Å². The van der Waals surface area contributed by atoms with E-state index in [1.54, 1.807) is 0 Å². The number of hydrogen-bond acceptors (Lipinski definition) is 0. The molecule has 0 fully saturated rings. The van der Waals surface area contributed by atoms with E-state index in [0.717, 1.165) is 19.4 Å². The Kier molecular flexibility index (Phi) is 5.11. The summed E-state index contributed by atoms with van der Waals surface area (Å²) in [4.78, 5) is 0. The summed E-state index contributed by atoms with van der Waals surface area (Å²) in [7, 11) is -10.7. The van der Waals surface area contributed by atoms with Gasteiger partial charge in [0, 0.05) is 11.5 Å². The van der Waals surface area contributed by atoms with E-state index in [2.05, 4.69) is 88.2 Å². The summed E-state index contributed by atoms with van der Waals surface area (Å²) in [6, 6.07) is 21.5. The van der Waals surface area contributed by atoms with E-state index in [0.29, 0.717) is 0 Å². The van der Waals surface area contributed by atoms with Crippen LogP contribution in [0.5, 0.6) is 0 Å². The van der Waals surface area contributed by atoms with E-state index in [1.165, 1.54) is 22.0 Å². The Labute approximate surface area is 163 Å². The summed E-state index contributed by atoms with van der Waals surface area (Å²) in [5.74, 6) is 0. The number of hydrogen-bond donors (Lipinski definition) is 0. The second-order valence-corrected chi connectivity index (χ2v) is 8.62. The molecule has 0 radical (unpaired) electrons. The first-order valence-electron chi connectivity index (χ1n) is 8.84. The smallest absolute Gasteiger partial charge is 0.230 e. The standard InChI is InChI=1S/C20H19N2.F6P/c1-2-7-17(8-3-1)9-6-12-21-13-14-22-16-19-11-5-4-10-18(19)15-20(21)22;1-7(2,3,4,5)6/h1-5,7-8,10-11,13-16H,6,9,12H2;/q+1;-1. The first kappa shape index (κ1) is 21.1. The zero-order chi connectivity index (χ0) is 21.2. The van der Waals surface area contributed by atoms with Crippen LogP contribution >= 0.6 is 7.81 Å². The van der Waals surface area contributed by atoms with Gasteiger partial charge in [0.25, 0.3) is 5.65 Å². The molecular weight excluding hydrogens is 413 g/mol. The second kappa shape index (κ2) is 7.02. The fraction of sp³-hybridized carbons (Fsp3) is 0.150. The Balaban J connectivity index is 0.000000298. The third-order valence-corrected chi connectivity index (χ3v) is 4.23. The zero-order valence-electron chi connectivity index (χ0n) is 15.2. The van der Waals surface area contributed by atoms with Crippen molar-refractivity contribution in [1.29, 1.82) is 0 Å². The molecule has 4 rings (SSSR count). The van der Waals surface area contributed by atoms with Gasteiger partial charge in [-0.2, -0.15) is 0 Å². The maximum Gasteiger partial charge on any atom is 0.286 e. The van der Waals surface area contributed by atoms with Crippen LogP contribution < -0.4 is 4.57 Å². The summed E-state index contributed by atoms with van der Waals surface area (Å²) in [6.07, 6.45) is 8.81. The molecule has 0 saturated heterocycles. The number of benzene rings is 2. The molecule has 2 aromatic carbocycles. The molecular formula is C20H19F6N2P. The number of imidazole rings is 1. The molecule has 2 aromatic heterocycles. The van der Waals surface area contributed by atoms with Crippen molar-refractivity contribution < 1.29 is 29.7 Å². The minimum atomic E-state index is -10.7. The van der Waals surface area contributed by atoms with Crippen LogP contribution in [-0.2, 0) is 13.0 Å². The van der Waals surface area contributed by atoms with E-state index >= 15 is 0 Å². The fourth-order valence-corrected chi connectivity index (χ4v) is 3.06. The average Bonchev–Trinajstić information content (AvgIpc) is 3.00. The predicted molar refractivity (Wildman–Crippen MR) is 103 cm³/mol. The number of aromatic nitrogens is 2. The Hall–Kier alpha value is -2.60. The average molecular weight is 432 g/mol. The van der Waals surface area contributed by atoms with E-state index in [9.17, 15) is 25.2 Å². The Morgan fingerprint density at radius 3 is 2.03 bits per heavy atom. The van der Waals surface area contributed by atoms with Crippen molar-refractivity contribution in [1.82, 2.24) is 4.40 Å².